The first-order chi connectivity index (χ1) is 8.90. The summed E-state index contributed by atoms with van der Waals surface area (Å²) in [6.45, 7) is 3.91. The van der Waals surface area contributed by atoms with Gasteiger partial charge in [-0.1, -0.05) is 18.5 Å². The van der Waals surface area contributed by atoms with Crippen molar-refractivity contribution >= 4 is 23.4 Å². The van der Waals surface area contributed by atoms with Crippen LogP contribution in [0.1, 0.15) is 17.3 Å². The van der Waals surface area contributed by atoms with Gasteiger partial charge in [-0.25, -0.2) is 9.78 Å². The number of hydrogen-bond acceptors (Lipinski definition) is 4. The van der Waals surface area contributed by atoms with E-state index < -0.39 is 5.97 Å². The second kappa shape index (κ2) is 5.35. The van der Waals surface area contributed by atoms with Gasteiger partial charge >= 0.3 is 5.97 Å². The number of anilines is 1. The second-order valence-electron chi connectivity index (χ2n) is 5.24. The average molecular weight is 284 g/mol. The number of likely N-dealkylation sites (N-methyl/N-ethyl adjacent to an activating group) is 1. The molecule has 2 rings (SSSR count). The molecule has 2 atom stereocenters. The summed E-state index contributed by atoms with van der Waals surface area (Å²) in [6.07, 6.45) is 1.41. The molecule has 2 unspecified atom stereocenters. The van der Waals surface area contributed by atoms with Crippen LogP contribution >= 0.6 is 11.6 Å². The zero-order valence-electron chi connectivity index (χ0n) is 11.3. The van der Waals surface area contributed by atoms with Crippen molar-refractivity contribution in [1.29, 1.82) is 0 Å². The molecule has 0 saturated carbocycles. The standard InChI is InChI=1S/C13H18ClN3O2/c1-8-6-17(7-11(8)16(2)3)12-4-9(13(18)19)10(14)5-15-12/h4-5,8,11H,6-7H2,1-3H3,(H,18,19). The maximum absolute atomic E-state index is 11.1. The molecule has 0 bridgehead atoms. The number of pyridine rings is 1. The van der Waals surface area contributed by atoms with Crippen molar-refractivity contribution in [2.45, 2.75) is 13.0 Å². The van der Waals surface area contributed by atoms with E-state index in [0.29, 0.717) is 17.8 Å². The fourth-order valence-electron chi connectivity index (χ4n) is 2.57. The van der Waals surface area contributed by atoms with Gasteiger partial charge in [-0.05, 0) is 26.1 Å². The zero-order chi connectivity index (χ0) is 14.2. The quantitative estimate of drug-likeness (QED) is 0.917. The molecule has 104 valence electrons. The Bertz CT molecular complexity index is 493. The van der Waals surface area contributed by atoms with E-state index in [1.165, 1.54) is 6.20 Å². The third kappa shape index (κ3) is 2.82. The number of aromatic nitrogens is 1. The van der Waals surface area contributed by atoms with Crippen LogP contribution in [0, 0.1) is 5.92 Å². The lowest BCUT2D eigenvalue weighted by molar-refractivity contribution is 0.0697. The summed E-state index contributed by atoms with van der Waals surface area (Å²) in [5.74, 6) is 0.170. The van der Waals surface area contributed by atoms with Gasteiger partial charge in [0, 0.05) is 25.3 Å². The molecule has 1 aliphatic heterocycles. The third-order valence-electron chi connectivity index (χ3n) is 3.63. The third-order valence-corrected chi connectivity index (χ3v) is 3.93. The van der Waals surface area contributed by atoms with Crippen LogP contribution in [0.15, 0.2) is 12.3 Å². The van der Waals surface area contributed by atoms with Crippen molar-refractivity contribution in [3.05, 3.63) is 22.8 Å². The van der Waals surface area contributed by atoms with Crippen LogP contribution < -0.4 is 4.90 Å². The number of rotatable bonds is 3. The minimum absolute atomic E-state index is 0.104. The molecule has 0 spiro atoms. The summed E-state index contributed by atoms with van der Waals surface area (Å²) in [4.78, 5) is 19.6. The zero-order valence-corrected chi connectivity index (χ0v) is 12.1. The van der Waals surface area contributed by atoms with Crippen molar-refractivity contribution in [3.8, 4) is 0 Å². The van der Waals surface area contributed by atoms with Gasteiger partial charge in [-0.15, -0.1) is 0 Å². The fourth-order valence-corrected chi connectivity index (χ4v) is 2.76. The molecular weight excluding hydrogens is 266 g/mol. The first kappa shape index (κ1) is 14.1. The van der Waals surface area contributed by atoms with Crippen molar-refractivity contribution in [2.24, 2.45) is 5.92 Å². The Morgan fingerprint density at radius 1 is 1.53 bits per heavy atom. The summed E-state index contributed by atoms with van der Waals surface area (Å²) in [6, 6.07) is 2.00. The summed E-state index contributed by atoms with van der Waals surface area (Å²) in [5, 5.41) is 9.26. The number of halogens is 1. The van der Waals surface area contributed by atoms with Crippen molar-refractivity contribution in [1.82, 2.24) is 9.88 Å². The van der Waals surface area contributed by atoms with Gasteiger partial charge in [0.25, 0.3) is 0 Å². The highest BCUT2D eigenvalue weighted by atomic mass is 35.5. The number of carboxylic acid groups (broad SMARTS) is 1. The maximum atomic E-state index is 11.1. The molecular formula is C13H18ClN3O2. The first-order valence-electron chi connectivity index (χ1n) is 6.20. The first-order valence-corrected chi connectivity index (χ1v) is 6.58. The molecule has 1 N–H and O–H groups in total. The highest BCUT2D eigenvalue weighted by Gasteiger charge is 2.32. The maximum Gasteiger partial charge on any atom is 0.337 e. The Labute approximate surface area is 117 Å². The Morgan fingerprint density at radius 3 is 2.74 bits per heavy atom. The van der Waals surface area contributed by atoms with Crippen molar-refractivity contribution < 1.29 is 9.90 Å². The Hall–Kier alpha value is -1.33. The van der Waals surface area contributed by atoms with Gasteiger partial charge in [-0.2, -0.15) is 0 Å². The van der Waals surface area contributed by atoms with Crippen LogP contribution in [-0.4, -0.2) is 54.2 Å². The lowest BCUT2D eigenvalue weighted by Gasteiger charge is -2.22. The SMILES string of the molecule is CC1CN(c2cc(C(=O)O)c(Cl)cn2)CC1N(C)C. The molecule has 1 saturated heterocycles. The molecule has 0 amide bonds. The number of nitrogens with zero attached hydrogens (tertiary/aromatic N) is 3. The van der Waals surface area contributed by atoms with E-state index >= 15 is 0 Å². The molecule has 5 nitrogen and oxygen atoms in total. The summed E-state index contributed by atoms with van der Waals surface area (Å²) in [5.41, 5.74) is 0.104. The molecule has 1 aromatic rings. The van der Waals surface area contributed by atoms with E-state index in [4.69, 9.17) is 16.7 Å². The molecule has 0 aromatic carbocycles. The van der Waals surface area contributed by atoms with E-state index in [-0.39, 0.29) is 10.6 Å². The molecule has 19 heavy (non-hydrogen) atoms. The molecule has 6 heteroatoms. The van der Waals surface area contributed by atoms with Gasteiger partial charge in [0.15, 0.2) is 0 Å². The summed E-state index contributed by atoms with van der Waals surface area (Å²) >= 11 is 5.84. The van der Waals surface area contributed by atoms with E-state index in [2.05, 4.69) is 35.8 Å². The monoisotopic (exact) mass is 283 g/mol. The van der Waals surface area contributed by atoms with Gasteiger partial charge in [-0.3, -0.25) is 0 Å². The number of carboxylic acids is 1. The smallest absolute Gasteiger partial charge is 0.337 e. The predicted octanol–water partition coefficient (Wildman–Crippen LogP) is 1.82. The Morgan fingerprint density at radius 2 is 2.21 bits per heavy atom. The van der Waals surface area contributed by atoms with Gasteiger partial charge < -0.3 is 14.9 Å². The lowest BCUT2D eigenvalue weighted by atomic mass is 10.1. The number of aromatic carboxylic acids is 1. The van der Waals surface area contributed by atoms with Crippen molar-refractivity contribution in [2.75, 3.05) is 32.1 Å². The van der Waals surface area contributed by atoms with E-state index in [0.717, 1.165) is 13.1 Å². The lowest BCUT2D eigenvalue weighted by Crippen LogP contribution is -2.34. The highest BCUT2D eigenvalue weighted by Crippen LogP contribution is 2.27. The van der Waals surface area contributed by atoms with Crippen LogP contribution in [0.2, 0.25) is 5.02 Å². The van der Waals surface area contributed by atoms with Crippen LogP contribution in [-0.2, 0) is 0 Å². The minimum atomic E-state index is -1.02. The highest BCUT2D eigenvalue weighted by molar-refractivity contribution is 6.33. The van der Waals surface area contributed by atoms with Crippen LogP contribution in [0.25, 0.3) is 0 Å². The Kier molecular flexibility index (Phi) is 3.96. The normalized spacial score (nSPS) is 23.1. The van der Waals surface area contributed by atoms with Gasteiger partial charge in [0.1, 0.15) is 5.82 Å². The second-order valence-corrected chi connectivity index (χ2v) is 5.65. The van der Waals surface area contributed by atoms with E-state index in [1.807, 2.05) is 0 Å². The molecule has 0 radical (unpaired) electrons. The van der Waals surface area contributed by atoms with Crippen LogP contribution in [0.3, 0.4) is 0 Å². The largest absolute Gasteiger partial charge is 0.478 e. The van der Waals surface area contributed by atoms with Gasteiger partial charge in [0.05, 0.1) is 10.6 Å². The van der Waals surface area contributed by atoms with Crippen LogP contribution in [0.5, 0.6) is 0 Å². The van der Waals surface area contributed by atoms with Crippen molar-refractivity contribution in [3.63, 3.8) is 0 Å². The molecule has 2 heterocycles. The van der Waals surface area contributed by atoms with E-state index in [1.54, 1.807) is 6.07 Å². The average Bonchev–Trinajstić information content (AvgIpc) is 2.71. The molecule has 1 fully saturated rings. The van der Waals surface area contributed by atoms with Crippen LogP contribution in [0.4, 0.5) is 5.82 Å². The Balaban J connectivity index is 2.24. The minimum Gasteiger partial charge on any atom is -0.478 e. The molecule has 0 aliphatic carbocycles. The number of carbonyl (C=O) groups is 1. The number of hydrogen-bond donors (Lipinski definition) is 1. The fraction of sp³-hybridized carbons (Fsp3) is 0.538. The van der Waals surface area contributed by atoms with Gasteiger partial charge in [0.2, 0.25) is 0 Å². The van der Waals surface area contributed by atoms with E-state index in [9.17, 15) is 4.79 Å². The molecule has 1 aliphatic rings. The summed E-state index contributed by atoms with van der Waals surface area (Å²) < 4.78 is 0. The topological polar surface area (TPSA) is 56.7 Å². The molecule has 1 aromatic heterocycles. The summed E-state index contributed by atoms with van der Waals surface area (Å²) in [7, 11) is 4.12. The predicted molar refractivity (Wildman–Crippen MR) is 75.1 cm³/mol.